The third-order valence-electron chi connectivity index (χ3n) is 3.42. The number of fused-ring (bicyclic) bond motifs is 1. The Kier molecular flexibility index (Phi) is 2.48. The molecule has 1 aliphatic carbocycles. The fourth-order valence-electron chi connectivity index (χ4n) is 2.28. The van der Waals surface area contributed by atoms with Gasteiger partial charge < -0.3 is 5.32 Å². The fraction of sp³-hybridized carbons (Fsp3) is 0.636. The highest BCUT2D eigenvalue weighted by atomic mass is 32.2. The molecule has 3 rings (SSSR count). The zero-order valence-corrected chi connectivity index (χ0v) is 11.0. The summed E-state index contributed by atoms with van der Waals surface area (Å²) >= 11 is 0. The summed E-state index contributed by atoms with van der Waals surface area (Å²) in [7, 11) is -1.33. The maximum absolute atomic E-state index is 12.0. The van der Waals surface area contributed by atoms with Crippen molar-refractivity contribution in [2.45, 2.75) is 31.1 Å². The Bertz CT molecular complexity index is 614. The van der Waals surface area contributed by atoms with E-state index in [1.807, 2.05) is 0 Å². The van der Waals surface area contributed by atoms with Crippen LogP contribution in [0.2, 0.25) is 0 Å². The highest BCUT2D eigenvalue weighted by Gasteiger charge is 2.32. The number of aromatic nitrogens is 2. The van der Waals surface area contributed by atoms with E-state index in [0.717, 1.165) is 18.5 Å². The third kappa shape index (κ3) is 2.03. The highest BCUT2D eigenvalue weighted by Crippen LogP contribution is 2.25. The van der Waals surface area contributed by atoms with Gasteiger partial charge in [-0.1, -0.05) is 0 Å². The van der Waals surface area contributed by atoms with Gasteiger partial charge in [0.1, 0.15) is 0 Å². The normalized spacial score (nSPS) is 21.4. The topological polar surface area (TPSA) is 81.1 Å². The van der Waals surface area contributed by atoms with Crippen molar-refractivity contribution in [3.05, 3.63) is 17.0 Å². The van der Waals surface area contributed by atoms with Gasteiger partial charge in [-0.15, -0.1) is 0 Å². The van der Waals surface area contributed by atoms with Gasteiger partial charge >= 0.3 is 0 Å². The average molecular weight is 269 g/mol. The number of aryl methyl sites for hydroxylation is 1. The van der Waals surface area contributed by atoms with E-state index < -0.39 is 9.84 Å². The molecular formula is C11H15N3O3S. The number of amides is 1. The zero-order valence-electron chi connectivity index (χ0n) is 10.1. The monoisotopic (exact) mass is 269 g/mol. The minimum atomic E-state index is -3.09. The van der Waals surface area contributed by atoms with Crippen LogP contribution in [0, 0.1) is 0 Å². The van der Waals surface area contributed by atoms with Gasteiger partial charge in [-0.2, -0.15) is 5.10 Å². The number of hydrogen-bond donors (Lipinski definition) is 1. The number of nitrogens with one attached hydrogen (secondary N) is 1. The first-order chi connectivity index (χ1) is 8.46. The molecule has 1 fully saturated rings. The van der Waals surface area contributed by atoms with Crippen LogP contribution in [-0.2, 0) is 29.1 Å². The number of rotatable bonds is 2. The largest absolute Gasteiger partial charge is 0.348 e. The van der Waals surface area contributed by atoms with E-state index >= 15 is 0 Å². The van der Waals surface area contributed by atoms with Crippen LogP contribution in [0.4, 0.5) is 0 Å². The molecule has 7 heteroatoms. The van der Waals surface area contributed by atoms with E-state index in [1.165, 1.54) is 0 Å². The van der Waals surface area contributed by atoms with E-state index in [0.29, 0.717) is 12.0 Å². The first-order valence-corrected chi connectivity index (χ1v) is 7.84. The van der Waals surface area contributed by atoms with Crippen molar-refractivity contribution >= 4 is 15.7 Å². The van der Waals surface area contributed by atoms with Crippen LogP contribution in [0.5, 0.6) is 0 Å². The first kappa shape index (κ1) is 11.7. The van der Waals surface area contributed by atoms with Gasteiger partial charge in [0.15, 0.2) is 15.5 Å². The summed E-state index contributed by atoms with van der Waals surface area (Å²) < 4.78 is 25.0. The predicted molar refractivity (Wildman–Crippen MR) is 64.9 cm³/mol. The molecule has 2 heterocycles. The number of hydrogen-bond acceptors (Lipinski definition) is 4. The van der Waals surface area contributed by atoms with E-state index in [2.05, 4.69) is 10.4 Å². The van der Waals surface area contributed by atoms with Crippen molar-refractivity contribution in [1.82, 2.24) is 15.1 Å². The lowest BCUT2D eigenvalue weighted by atomic mass is 10.1. The van der Waals surface area contributed by atoms with E-state index in [9.17, 15) is 13.2 Å². The standard InChI is InChI=1S/C11H15N3O3S/c1-14-9-4-5-18(16,17)6-8(9)10(13-14)11(15)12-7-2-3-7/h7H,2-6H2,1H3,(H,12,15). The molecular weight excluding hydrogens is 254 g/mol. The molecule has 2 aliphatic rings. The van der Waals surface area contributed by atoms with Gasteiger partial charge in [0.25, 0.3) is 5.91 Å². The minimum absolute atomic E-state index is 0.0659. The summed E-state index contributed by atoms with van der Waals surface area (Å²) in [5.41, 5.74) is 1.73. The lowest BCUT2D eigenvalue weighted by Crippen LogP contribution is -2.28. The van der Waals surface area contributed by atoms with Crippen LogP contribution in [0.1, 0.15) is 34.6 Å². The maximum atomic E-state index is 12.0. The van der Waals surface area contributed by atoms with Crippen molar-refractivity contribution in [1.29, 1.82) is 0 Å². The van der Waals surface area contributed by atoms with Gasteiger partial charge in [-0.25, -0.2) is 8.42 Å². The molecule has 0 saturated heterocycles. The average Bonchev–Trinajstić information content (AvgIpc) is 3.02. The van der Waals surface area contributed by atoms with Crippen molar-refractivity contribution < 1.29 is 13.2 Å². The summed E-state index contributed by atoms with van der Waals surface area (Å²) in [5.74, 6) is -0.168. The smallest absolute Gasteiger partial charge is 0.272 e. The Morgan fingerprint density at radius 2 is 2.17 bits per heavy atom. The van der Waals surface area contributed by atoms with Crippen molar-refractivity contribution in [2.24, 2.45) is 7.05 Å². The second-order valence-electron chi connectivity index (χ2n) is 4.99. The molecule has 0 bridgehead atoms. The Labute approximate surface area is 105 Å². The lowest BCUT2D eigenvalue weighted by Gasteiger charge is -2.13. The summed E-state index contributed by atoms with van der Waals surface area (Å²) in [6.07, 6.45) is 2.44. The van der Waals surface area contributed by atoms with E-state index in [4.69, 9.17) is 0 Å². The summed E-state index contributed by atoms with van der Waals surface area (Å²) in [6.45, 7) is 0. The molecule has 0 radical (unpaired) electrons. The van der Waals surface area contributed by atoms with Gasteiger partial charge in [-0.05, 0) is 12.8 Å². The van der Waals surface area contributed by atoms with Gasteiger partial charge in [0.05, 0.1) is 11.5 Å². The second-order valence-corrected chi connectivity index (χ2v) is 7.17. The Morgan fingerprint density at radius 1 is 1.44 bits per heavy atom. The number of nitrogens with zero attached hydrogens (tertiary/aromatic N) is 2. The van der Waals surface area contributed by atoms with Crippen LogP contribution >= 0.6 is 0 Å². The van der Waals surface area contributed by atoms with Crippen molar-refractivity contribution in [2.75, 3.05) is 5.75 Å². The molecule has 1 N–H and O–H groups in total. The predicted octanol–water partition coefficient (Wildman–Crippen LogP) is -0.217. The molecule has 98 valence electrons. The first-order valence-electron chi connectivity index (χ1n) is 6.02. The molecule has 0 atom stereocenters. The van der Waals surface area contributed by atoms with E-state index in [1.54, 1.807) is 11.7 Å². The van der Waals surface area contributed by atoms with Crippen molar-refractivity contribution in [3.8, 4) is 0 Å². The summed E-state index contributed by atoms with van der Waals surface area (Å²) in [5, 5.41) is 7.03. The fourth-order valence-corrected chi connectivity index (χ4v) is 3.67. The number of sulfone groups is 1. The number of carbonyl (C=O) groups excluding carboxylic acids is 1. The van der Waals surface area contributed by atoms with Crippen LogP contribution < -0.4 is 5.32 Å². The van der Waals surface area contributed by atoms with Gasteiger partial charge in [0.2, 0.25) is 0 Å². The maximum Gasteiger partial charge on any atom is 0.272 e. The second kappa shape index (κ2) is 3.81. The Hall–Kier alpha value is -1.37. The molecule has 1 saturated carbocycles. The number of carbonyl (C=O) groups is 1. The molecule has 0 aromatic carbocycles. The highest BCUT2D eigenvalue weighted by molar-refractivity contribution is 7.90. The summed E-state index contributed by atoms with van der Waals surface area (Å²) in [6, 6.07) is 0.246. The Morgan fingerprint density at radius 3 is 2.83 bits per heavy atom. The van der Waals surface area contributed by atoms with E-state index in [-0.39, 0.29) is 29.1 Å². The van der Waals surface area contributed by atoms with Crippen LogP contribution in [-0.4, -0.2) is 35.9 Å². The minimum Gasteiger partial charge on any atom is -0.348 e. The molecule has 0 unspecified atom stereocenters. The molecule has 6 nitrogen and oxygen atoms in total. The lowest BCUT2D eigenvalue weighted by molar-refractivity contribution is 0.0944. The third-order valence-corrected chi connectivity index (χ3v) is 4.97. The molecule has 1 aliphatic heterocycles. The van der Waals surface area contributed by atoms with Crippen LogP contribution in [0.25, 0.3) is 0 Å². The molecule has 1 aromatic heterocycles. The molecule has 18 heavy (non-hydrogen) atoms. The van der Waals surface area contributed by atoms with Gasteiger partial charge in [0, 0.05) is 30.8 Å². The van der Waals surface area contributed by atoms with Crippen LogP contribution in [0.15, 0.2) is 0 Å². The van der Waals surface area contributed by atoms with Gasteiger partial charge in [-0.3, -0.25) is 9.48 Å². The molecule has 1 amide bonds. The molecule has 1 aromatic rings. The van der Waals surface area contributed by atoms with Crippen LogP contribution in [0.3, 0.4) is 0 Å². The quantitative estimate of drug-likeness (QED) is 0.805. The summed E-state index contributed by atoms with van der Waals surface area (Å²) in [4.78, 5) is 12.0. The SMILES string of the molecule is Cn1nc(C(=O)NC2CC2)c2c1CCS(=O)(=O)C2. The zero-order chi connectivity index (χ0) is 12.9. The molecule has 0 spiro atoms. The van der Waals surface area contributed by atoms with Crippen molar-refractivity contribution in [3.63, 3.8) is 0 Å². The Balaban J connectivity index is 1.97.